The van der Waals surface area contributed by atoms with Crippen LogP contribution in [0, 0.1) is 0 Å². The largest absolute Gasteiger partial charge is 0.493 e. The quantitative estimate of drug-likeness (QED) is 0.586. The molecule has 6 nitrogen and oxygen atoms in total. The normalized spacial score (nSPS) is 12.9. The van der Waals surface area contributed by atoms with E-state index in [4.69, 9.17) is 14.2 Å². The van der Waals surface area contributed by atoms with Crippen molar-refractivity contribution in [3.05, 3.63) is 65.2 Å². The number of rotatable bonds is 6. The van der Waals surface area contributed by atoms with Gasteiger partial charge in [-0.3, -0.25) is 9.59 Å². The Morgan fingerprint density at radius 1 is 1.00 bits per heavy atom. The topological polar surface area (TPSA) is 65.1 Å². The first-order valence-corrected chi connectivity index (χ1v) is 9.76. The van der Waals surface area contributed by atoms with Crippen molar-refractivity contribution in [2.24, 2.45) is 0 Å². The number of amides is 1. The number of fused-ring (bicyclic) bond motifs is 2. The van der Waals surface area contributed by atoms with E-state index in [1.807, 2.05) is 42.5 Å². The molecule has 0 N–H and O–H groups in total. The van der Waals surface area contributed by atoms with Crippen LogP contribution in [0.25, 0.3) is 10.8 Å². The van der Waals surface area contributed by atoms with E-state index in [0.717, 1.165) is 34.6 Å². The molecule has 1 heterocycles. The molecule has 0 aliphatic carbocycles. The van der Waals surface area contributed by atoms with Gasteiger partial charge in [0.15, 0.2) is 24.4 Å². The van der Waals surface area contributed by atoms with Gasteiger partial charge in [-0.05, 0) is 46.5 Å². The number of nitrogens with zero attached hydrogens (tertiary/aromatic N) is 1. The highest BCUT2D eigenvalue weighted by Crippen LogP contribution is 2.33. The number of carbonyl (C=O) groups is 2. The first-order valence-electron chi connectivity index (χ1n) is 9.76. The summed E-state index contributed by atoms with van der Waals surface area (Å²) >= 11 is 0. The van der Waals surface area contributed by atoms with Gasteiger partial charge in [-0.2, -0.15) is 0 Å². The molecule has 3 aromatic carbocycles. The van der Waals surface area contributed by atoms with Crippen LogP contribution in [0.2, 0.25) is 0 Å². The lowest BCUT2D eigenvalue weighted by Gasteiger charge is -2.29. The SMILES string of the molecule is COc1cc2c(cc1OC)CN(C(=O)COc1ccc3ccccc3c1C=O)CC2. The van der Waals surface area contributed by atoms with Crippen molar-refractivity contribution in [1.82, 2.24) is 4.90 Å². The average Bonchev–Trinajstić information content (AvgIpc) is 2.80. The van der Waals surface area contributed by atoms with Crippen LogP contribution < -0.4 is 14.2 Å². The average molecular weight is 405 g/mol. The maximum absolute atomic E-state index is 12.8. The standard InChI is InChI=1S/C24H23NO5/c1-28-22-11-17-9-10-25(13-18(17)12-23(22)29-2)24(27)15-30-21-8-7-16-5-3-4-6-19(16)20(21)14-26/h3-8,11-12,14H,9-10,13,15H2,1-2H3. The van der Waals surface area contributed by atoms with Gasteiger partial charge in [-0.15, -0.1) is 0 Å². The highest BCUT2D eigenvalue weighted by molar-refractivity contribution is 6.00. The smallest absolute Gasteiger partial charge is 0.260 e. The molecule has 1 aliphatic heterocycles. The van der Waals surface area contributed by atoms with Gasteiger partial charge < -0.3 is 19.1 Å². The third kappa shape index (κ3) is 3.68. The second-order valence-electron chi connectivity index (χ2n) is 7.15. The highest BCUT2D eigenvalue weighted by atomic mass is 16.5. The molecule has 6 heteroatoms. The van der Waals surface area contributed by atoms with Gasteiger partial charge >= 0.3 is 0 Å². The van der Waals surface area contributed by atoms with Crippen molar-refractivity contribution in [3.63, 3.8) is 0 Å². The molecule has 0 aromatic heterocycles. The Balaban J connectivity index is 1.48. The lowest BCUT2D eigenvalue weighted by molar-refractivity contribution is -0.134. The second kappa shape index (κ2) is 8.45. The lowest BCUT2D eigenvalue weighted by Crippen LogP contribution is -2.38. The zero-order valence-electron chi connectivity index (χ0n) is 17.0. The molecular weight excluding hydrogens is 382 g/mol. The summed E-state index contributed by atoms with van der Waals surface area (Å²) in [4.78, 5) is 26.2. The molecule has 0 atom stereocenters. The molecule has 0 saturated carbocycles. The van der Waals surface area contributed by atoms with Crippen LogP contribution in [-0.4, -0.2) is 44.5 Å². The summed E-state index contributed by atoms with van der Waals surface area (Å²) < 4.78 is 16.5. The Bertz CT molecular complexity index is 1110. The summed E-state index contributed by atoms with van der Waals surface area (Å²) in [7, 11) is 3.21. The molecule has 30 heavy (non-hydrogen) atoms. The minimum Gasteiger partial charge on any atom is -0.493 e. The van der Waals surface area contributed by atoms with E-state index in [9.17, 15) is 9.59 Å². The first kappa shape index (κ1) is 19.8. The van der Waals surface area contributed by atoms with Crippen molar-refractivity contribution in [2.75, 3.05) is 27.4 Å². The Labute approximate surface area is 175 Å². The van der Waals surface area contributed by atoms with Crippen LogP contribution >= 0.6 is 0 Å². The molecule has 1 aliphatic rings. The molecule has 154 valence electrons. The third-order valence-corrected chi connectivity index (χ3v) is 5.47. The van der Waals surface area contributed by atoms with Crippen molar-refractivity contribution < 1.29 is 23.8 Å². The van der Waals surface area contributed by atoms with E-state index in [2.05, 4.69) is 0 Å². The molecule has 0 spiro atoms. The van der Waals surface area contributed by atoms with Crippen molar-refractivity contribution in [2.45, 2.75) is 13.0 Å². The summed E-state index contributed by atoms with van der Waals surface area (Å²) in [5, 5.41) is 1.76. The summed E-state index contributed by atoms with van der Waals surface area (Å²) in [6, 6.07) is 15.1. The van der Waals surface area contributed by atoms with E-state index in [0.29, 0.717) is 35.9 Å². The van der Waals surface area contributed by atoms with Gasteiger partial charge in [0.05, 0.1) is 19.8 Å². The predicted octanol–water partition coefficient (Wildman–Crippen LogP) is 3.63. The second-order valence-corrected chi connectivity index (χ2v) is 7.15. The summed E-state index contributed by atoms with van der Waals surface area (Å²) in [6.45, 7) is 0.959. The number of methoxy groups -OCH3 is 2. The Hall–Kier alpha value is -3.54. The van der Waals surface area contributed by atoms with Crippen LogP contribution in [-0.2, 0) is 17.8 Å². The first-order chi connectivity index (χ1) is 14.6. The summed E-state index contributed by atoms with van der Waals surface area (Å²) in [5.74, 6) is 1.63. The zero-order chi connectivity index (χ0) is 21.1. The number of ether oxygens (including phenoxy) is 3. The Morgan fingerprint density at radius 2 is 1.73 bits per heavy atom. The van der Waals surface area contributed by atoms with E-state index in [-0.39, 0.29) is 12.5 Å². The molecule has 0 fully saturated rings. The lowest BCUT2D eigenvalue weighted by atomic mass is 9.99. The van der Waals surface area contributed by atoms with Crippen molar-refractivity contribution in [1.29, 1.82) is 0 Å². The fourth-order valence-corrected chi connectivity index (χ4v) is 3.85. The minimum atomic E-state index is -0.125. The minimum absolute atomic E-state index is 0.123. The molecule has 3 aromatic rings. The molecule has 4 rings (SSSR count). The number of hydrogen-bond acceptors (Lipinski definition) is 5. The van der Waals surface area contributed by atoms with Crippen LogP contribution in [0.4, 0.5) is 0 Å². The van der Waals surface area contributed by atoms with Crippen LogP contribution in [0.15, 0.2) is 48.5 Å². The maximum Gasteiger partial charge on any atom is 0.260 e. The fraction of sp³-hybridized carbons (Fsp3) is 0.250. The molecular formula is C24H23NO5. The fourth-order valence-electron chi connectivity index (χ4n) is 3.85. The van der Waals surface area contributed by atoms with Crippen LogP contribution in [0.1, 0.15) is 21.5 Å². The number of aldehydes is 1. The molecule has 1 amide bonds. The molecule has 0 bridgehead atoms. The molecule has 0 radical (unpaired) electrons. The Morgan fingerprint density at radius 3 is 2.47 bits per heavy atom. The molecule has 0 unspecified atom stereocenters. The predicted molar refractivity (Wildman–Crippen MR) is 113 cm³/mol. The van der Waals surface area contributed by atoms with Crippen molar-refractivity contribution >= 4 is 23.0 Å². The van der Waals surface area contributed by atoms with Gasteiger partial charge in [0.2, 0.25) is 0 Å². The van der Waals surface area contributed by atoms with Crippen LogP contribution in [0.3, 0.4) is 0 Å². The number of carbonyl (C=O) groups excluding carboxylic acids is 2. The summed E-state index contributed by atoms with van der Waals surface area (Å²) in [6.07, 6.45) is 1.51. The van der Waals surface area contributed by atoms with E-state index >= 15 is 0 Å². The van der Waals surface area contributed by atoms with E-state index in [1.165, 1.54) is 0 Å². The van der Waals surface area contributed by atoms with Gasteiger partial charge in [0, 0.05) is 13.1 Å². The molecule has 0 saturated heterocycles. The Kier molecular flexibility index (Phi) is 5.57. The monoisotopic (exact) mass is 405 g/mol. The van der Waals surface area contributed by atoms with Gasteiger partial charge in [0.1, 0.15) is 5.75 Å². The van der Waals surface area contributed by atoms with Crippen LogP contribution in [0.5, 0.6) is 17.2 Å². The number of benzene rings is 3. The van der Waals surface area contributed by atoms with E-state index in [1.54, 1.807) is 25.2 Å². The van der Waals surface area contributed by atoms with Gasteiger partial charge in [0.25, 0.3) is 5.91 Å². The van der Waals surface area contributed by atoms with Gasteiger partial charge in [-0.25, -0.2) is 0 Å². The third-order valence-electron chi connectivity index (χ3n) is 5.47. The summed E-state index contributed by atoms with van der Waals surface area (Å²) in [5.41, 5.74) is 2.64. The van der Waals surface area contributed by atoms with E-state index < -0.39 is 0 Å². The zero-order valence-corrected chi connectivity index (χ0v) is 17.0. The number of hydrogen-bond donors (Lipinski definition) is 0. The maximum atomic E-state index is 12.8. The highest BCUT2D eigenvalue weighted by Gasteiger charge is 2.23. The van der Waals surface area contributed by atoms with Crippen molar-refractivity contribution in [3.8, 4) is 17.2 Å². The van der Waals surface area contributed by atoms with Gasteiger partial charge in [-0.1, -0.05) is 30.3 Å².